The Hall–Kier alpha value is -3.41. The Morgan fingerprint density at radius 3 is 2.72 bits per heavy atom. The van der Waals surface area contributed by atoms with Gasteiger partial charge in [0.15, 0.2) is 0 Å². The van der Waals surface area contributed by atoms with E-state index in [1.54, 1.807) is 35.3 Å². The van der Waals surface area contributed by atoms with Gasteiger partial charge in [0.1, 0.15) is 11.5 Å². The van der Waals surface area contributed by atoms with Gasteiger partial charge in [-0.2, -0.15) is 0 Å². The van der Waals surface area contributed by atoms with E-state index in [0.29, 0.717) is 17.1 Å². The molecule has 6 nitrogen and oxygen atoms in total. The molecule has 0 spiro atoms. The second-order valence-electron chi connectivity index (χ2n) is 6.06. The van der Waals surface area contributed by atoms with E-state index in [0.717, 1.165) is 22.0 Å². The highest BCUT2D eigenvalue weighted by atomic mass is 16.1. The minimum absolute atomic E-state index is 0.237. The van der Waals surface area contributed by atoms with Crippen molar-refractivity contribution in [3.63, 3.8) is 0 Å². The van der Waals surface area contributed by atoms with Crippen LogP contribution in [-0.2, 0) is 0 Å². The van der Waals surface area contributed by atoms with Gasteiger partial charge in [-0.3, -0.25) is 14.2 Å². The number of aryl methyl sites for hydroxylation is 2. The molecule has 0 saturated heterocycles. The summed E-state index contributed by atoms with van der Waals surface area (Å²) in [7, 11) is 0. The molecule has 4 rings (SSSR count). The van der Waals surface area contributed by atoms with Crippen LogP contribution in [0.5, 0.6) is 0 Å². The Labute approximate surface area is 142 Å². The largest absolute Gasteiger partial charge is 0.327 e. The SMILES string of the molecule is Cc1cc(C)c2[nH]c(=O)c(-c3nccn3-c3ccc[nH]c3=O)cc2c1. The number of aromatic nitrogens is 4. The lowest BCUT2D eigenvalue weighted by molar-refractivity contribution is 1.02. The van der Waals surface area contributed by atoms with Crippen LogP contribution in [0.3, 0.4) is 0 Å². The lowest BCUT2D eigenvalue weighted by Gasteiger charge is -2.09. The van der Waals surface area contributed by atoms with E-state index in [1.165, 1.54) is 0 Å². The second-order valence-corrected chi connectivity index (χ2v) is 6.06. The number of rotatable bonds is 2. The zero-order valence-corrected chi connectivity index (χ0v) is 13.8. The summed E-state index contributed by atoms with van der Waals surface area (Å²) in [5, 5.41) is 0.934. The first kappa shape index (κ1) is 15.1. The van der Waals surface area contributed by atoms with Crippen molar-refractivity contribution >= 4 is 10.9 Å². The Balaban J connectivity index is 2.00. The van der Waals surface area contributed by atoms with Crippen LogP contribution in [0.25, 0.3) is 28.0 Å². The van der Waals surface area contributed by atoms with Gasteiger partial charge in [0.2, 0.25) is 0 Å². The summed E-state index contributed by atoms with van der Waals surface area (Å²) in [6, 6.07) is 9.29. The molecule has 3 heterocycles. The first-order chi connectivity index (χ1) is 12.0. The van der Waals surface area contributed by atoms with Crippen molar-refractivity contribution in [3.8, 4) is 17.1 Å². The summed E-state index contributed by atoms with van der Waals surface area (Å²) in [4.78, 5) is 34.6. The van der Waals surface area contributed by atoms with Crippen LogP contribution in [0.2, 0.25) is 0 Å². The Kier molecular flexibility index (Phi) is 3.39. The highest BCUT2D eigenvalue weighted by Gasteiger charge is 2.15. The minimum atomic E-state index is -0.245. The third-order valence-corrected chi connectivity index (χ3v) is 4.23. The molecule has 6 heteroatoms. The van der Waals surface area contributed by atoms with Gasteiger partial charge in [-0.05, 0) is 49.1 Å². The summed E-state index contributed by atoms with van der Waals surface area (Å²) in [6.45, 7) is 3.98. The molecule has 0 unspecified atom stereocenters. The van der Waals surface area contributed by atoms with Crippen LogP contribution in [-0.4, -0.2) is 19.5 Å². The number of H-pyrrole nitrogens is 2. The summed E-state index contributed by atoms with van der Waals surface area (Å²) in [5.74, 6) is 0.430. The van der Waals surface area contributed by atoms with Crippen molar-refractivity contribution in [1.29, 1.82) is 0 Å². The molecule has 0 bridgehead atoms. The third-order valence-electron chi connectivity index (χ3n) is 4.23. The summed E-state index contributed by atoms with van der Waals surface area (Å²) < 4.78 is 1.62. The Bertz CT molecular complexity index is 1210. The fourth-order valence-electron chi connectivity index (χ4n) is 3.15. The van der Waals surface area contributed by atoms with Gasteiger partial charge in [0.25, 0.3) is 11.1 Å². The molecule has 0 saturated carbocycles. The average Bonchev–Trinajstić information content (AvgIpc) is 3.04. The molecule has 0 amide bonds. The molecule has 124 valence electrons. The summed E-state index contributed by atoms with van der Waals surface area (Å²) in [6.07, 6.45) is 4.81. The van der Waals surface area contributed by atoms with E-state index in [1.807, 2.05) is 32.0 Å². The molecule has 4 aromatic rings. The maximum absolute atomic E-state index is 12.6. The first-order valence-corrected chi connectivity index (χ1v) is 7.90. The highest BCUT2D eigenvalue weighted by Crippen LogP contribution is 2.23. The lowest BCUT2D eigenvalue weighted by Crippen LogP contribution is -2.16. The molecule has 0 fully saturated rings. The molecule has 2 N–H and O–H groups in total. The van der Waals surface area contributed by atoms with E-state index >= 15 is 0 Å². The smallest absolute Gasteiger partial charge is 0.272 e. The fraction of sp³-hybridized carbons (Fsp3) is 0.105. The second kappa shape index (κ2) is 5.59. The van der Waals surface area contributed by atoms with Gasteiger partial charge in [-0.25, -0.2) is 4.98 Å². The predicted molar refractivity (Wildman–Crippen MR) is 97.2 cm³/mol. The van der Waals surface area contributed by atoms with Crippen LogP contribution < -0.4 is 11.1 Å². The Morgan fingerprint density at radius 2 is 1.92 bits per heavy atom. The normalized spacial score (nSPS) is 11.1. The molecule has 3 aromatic heterocycles. The number of nitrogens with zero attached hydrogens (tertiary/aromatic N) is 2. The van der Waals surface area contributed by atoms with Crippen molar-refractivity contribution in [2.45, 2.75) is 13.8 Å². The van der Waals surface area contributed by atoms with Gasteiger partial charge in [0.05, 0.1) is 11.1 Å². The topological polar surface area (TPSA) is 83.5 Å². The number of aromatic amines is 2. The molecular formula is C19H16N4O2. The molecular weight excluding hydrogens is 316 g/mol. The van der Waals surface area contributed by atoms with Crippen LogP contribution >= 0.6 is 0 Å². The van der Waals surface area contributed by atoms with Crippen LogP contribution in [0.4, 0.5) is 0 Å². The average molecular weight is 332 g/mol. The maximum atomic E-state index is 12.6. The van der Waals surface area contributed by atoms with Crippen LogP contribution in [0.1, 0.15) is 11.1 Å². The molecule has 0 aliphatic carbocycles. The highest BCUT2D eigenvalue weighted by molar-refractivity contribution is 5.85. The number of hydrogen-bond acceptors (Lipinski definition) is 3. The number of pyridine rings is 2. The zero-order chi connectivity index (χ0) is 17.6. The van der Waals surface area contributed by atoms with E-state index in [4.69, 9.17) is 0 Å². The molecule has 0 aliphatic rings. The van der Waals surface area contributed by atoms with Gasteiger partial charge >= 0.3 is 0 Å². The molecule has 0 atom stereocenters. The van der Waals surface area contributed by atoms with Crippen molar-refractivity contribution in [2.24, 2.45) is 0 Å². The van der Waals surface area contributed by atoms with Crippen molar-refractivity contribution in [2.75, 3.05) is 0 Å². The van der Waals surface area contributed by atoms with E-state index in [2.05, 4.69) is 15.0 Å². The van der Waals surface area contributed by atoms with E-state index in [-0.39, 0.29) is 11.1 Å². The van der Waals surface area contributed by atoms with E-state index < -0.39 is 0 Å². The van der Waals surface area contributed by atoms with Gasteiger partial charge in [0, 0.05) is 18.6 Å². The van der Waals surface area contributed by atoms with Gasteiger partial charge in [-0.1, -0.05) is 11.6 Å². The maximum Gasteiger partial charge on any atom is 0.272 e. The minimum Gasteiger partial charge on any atom is -0.327 e. The molecule has 1 aromatic carbocycles. The number of fused-ring (bicyclic) bond motifs is 1. The van der Waals surface area contributed by atoms with Gasteiger partial charge in [-0.15, -0.1) is 0 Å². The third kappa shape index (κ3) is 2.48. The lowest BCUT2D eigenvalue weighted by atomic mass is 10.1. The quantitative estimate of drug-likeness (QED) is 0.592. The Morgan fingerprint density at radius 1 is 1.08 bits per heavy atom. The molecule has 0 radical (unpaired) electrons. The predicted octanol–water partition coefficient (Wildman–Crippen LogP) is 2.69. The number of hydrogen-bond donors (Lipinski definition) is 2. The van der Waals surface area contributed by atoms with Crippen molar-refractivity contribution < 1.29 is 0 Å². The number of imidazole rings is 1. The monoisotopic (exact) mass is 332 g/mol. The van der Waals surface area contributed by atoms with Crippen LogP contribution in [0.15, 0.2) is 58.5 Å². The zero-order valence-electron chi connectivity index (χ0n) is 13.8. The number of benzene rings is 1. The number of nitrogens with one attached hydrogen (secondary N) is 2. The molecule has 25 heavy (non-hydrogen) atoms. The standard InChI is InChI=1S/C19H16N4O2/c1-11-8-12(2)16-13(9-11)10-14(18(24)22-16)17-20-6-7-23(17)15-4-3-5-21-19(15)25/h3-10H,1-2H3,(H,21,25)(H,22,24). The van der Waals surface area contributed by atoms with Crippen molar-refractivity contribution in [3.05, 3.63) is 80.8 Å². The first-order valence-electron chi connectivity index (χ1n) is 7.90. The van der Waals surface area contributed by atoms with Crippen LogP contribution in [0, 0.1) is 13.8 Å². The van der Waals surface area contributed by atoms with Gasteiger partial charge < -0.3 is 9.97 Å². The summed E-state index contributed by atoms with van der Waals surface area (Å²) >= 11 is 0. The molecule has 0 aliphatic heterocycles. The fourth-order valence-corrected chi connectivity index (χ4v) is 3.15. The van der Waals surface area contributed by atoms with E-state index in [9.17, 15) is 9.59 Å². The summed E-state index contributed by atoms with van der Waals surface area (Å²) in [5.41, 5.74) is 3.30. The van der Waals surface area contributed by atoms with Crippen molar-refractivity contribution in [1.82, 2.24) is 19.5 Å².